The fourth-order valence-corrected chi connectivity index (χ4v) is 5.09. The Morgan fingerprint density at radius 1 is 1.04 bits per heavy atom. The van der Waals surface area contributed by atoms with Crippen molar-refractivity contribution in [2.45, 2.75) is 56.5 Å². The van der Waals surface area contributed by atoms with E-state index in [9.17, 15) is 13.2 Å². The predicted octanol–water partition coefficient (Wildman–Crippen LogP) is 3.88. The van der Waals surface area contributed by atoms with Crippen molar-refractivity contribution in [1.29, 1.82) is 0 Å². The van der Waals surface area contributed by atoms with Crippen molar-refractivity contribution in [1.82, 2.24) is 9.62 Å². The molecule has 0 heterocycles. The third-order valence-corrected chi connectivity index (χ3v) is 7.51. The first-order valence-corrected chi connectivity index (χ1v) is 11.2. The van der Waals surface area contributed by atoms with E-state index in [1.807, 2.05) is 31.2 Å². The largest absolute Gasteiger partial charge is 0.348 e. The number of carbonyl (C=O) groups excluding carboxylic acids is 1. The van der Waals surface area contributed by atoms with Crippen LogP contribution < -0.4 is 5.32 Å². The minimum Gasteiger partial charge on any atom is -0.348 e. The number of aryl methyl sites for hydroxylation is 1. The van der Waals surface area contributed by atoms with E-state index in [1.165, 1.54) is 22.9 Å². The molecule has 0 saturated heterocycles. The van der Waals surface area contributed by atoms with Crippen LogP contribution in [0, 0.1) is 6.92 Å². The van der Waals surface area contributed by atoms with Crippen LogP contribution in [0.2, 0.25) is 0 Å². The molecule has 5 nitrogen and oxygen atoms in total. The number of carbonyl (C=O) groups is 1. The Bertz CT molecular complexity index is 917. The molecule has 0 aromatic heterocycles. The van der Waals surface area contributed by atoms with Gasteiger partial charge in [0, 0.05) is 25.2 Å². The van der Waals surface area contributed by atoms with Crippen LogP contribution in [0.3, 0.4) is 0 Å². The molecule has 1 saturated carbocycles. The van der Waals surface area contributed by atoms with E-state index in [1.54, 1.807) is 19.2 Å². The van der Waals surface area contributed by atoms with Gasteiger partial charge in [0.2, 0.25) is 10.0 Å². The van der Waals surface area contributed by atoms with E-state index < -0.39 is 10.0 Å². The van der Waals surface area contributed by atoms with Crippen molar-refractivity contribution in [3.05, 3.63) is 65.2 Å². The number of benzene rings is 2. The number of hydrogen-bond acceptors (Lipinski definition) is 3. The minimum atomic E-state index is -3.54. The van der Waals surface area contributed by atoms with Gasteiger partial charge in [0.1, 0.15) is 0 Å². The quantitative estimate of drug-likeness (QED) is 0.800. The summed E-state index contributed by atoms with van der Waals surface area (Å²) < 4.78 is 27.3. The van der Waals surface area contributed by atoms with Crippen molar-refractivity contribution in [2.24, 2.45) is 0 Å². The van der Waals surface area contributed by atoms with Gasteiger partial charge in [-0.15, -0.1) is 0 Å². The monoisotopic (exact) mass is 400 g/mol. The van der Waals surface area contributed by atoms with Gasteiger partial charge in [-0.25, -0.2) is 8.42 Å². The summed E-state index contributed by atoms with van der Waals surface area (Å²) in [6, 6.07) is 14.2. The molecule has 1 amide bonds. The van der Waals surface area contributed by atoms with Gasteiger partial charge in [-0.1, -0.05) is 43.5 Å². The Labute approximate surface area is 167 Å². The molecular weight excluding hydrogens is 372 g/mol. The Kier molecular flexibility index (Phi) is 6.52. The lowest BCUT2D eigenvalue weighted by molar-refractivity contribution is 0.0950. The molecule has 1 aliphatic carbocycles. The maximum Gasteiger partial charge on any atom is 0.251 e. The standard InChI is InChI=1S/C22H28N2O3S/c1-17-8-6-7-9-19(17)16-23-22(25)18-12-14-21(15-13-18)28(26,27)24(2)20-10-4-3-5-11-20/h6-9,12-15,20H,3-5,10-11,16H2,1-2H3,(H,23,25). The molecule has 150 valence electrons. The Morgan fingerprint density at radius 2 is 1.68 bits per heavy atom. The molecule has 2 aromatic rings. The van der Waals surface area contributed by atoms with Gasteiger partial charge in [-0.3, -0.25) is 4.79 Å². The average Bonchev–Trinajstić information content (AvgIpc) is 2.73. The normalized spacial score (nSPS) is 15.5. The lowest BCUT2D eigenvalue weighted by Gasteiger charge is -2.30. The topological polar surface area (TPSA) is 66.5 Å². The van der Waals surface area contributed by atoms with Crippen LogP contribution in [-0.2, 0) is 16.6 Å². The molecular formula is C22H28N2O3S. The van der Waals surface area contributed by atoms with Crippen LogP contribution in [0.4, 0.5) is 0 Å². The van der Waals surface area contributed by atoms with Gasteiger partial charge < -0.3 is 5.32 Å². The van der Waals surface area contributed by atoms with Crippen molar-refractivity contribution in [2.75, 3.05) is 7.05 Å². The highest BCUT2D eigenvalue weighted by Gasteiger charge is 2.29. The fraction of sp³-hybridized carbons (Fsp3) is 0.409. The van der Waals surface area contributed by atoms with Crippen LogP contribution in [-0.4, -0.2) is 31.7 Å². The molecule has 6 heteroatoms. The van der Waals surface area contributed by atoms with Crippen molar-refractivity contribution in [3.63, 3.8) is 0 Å². The highest BCUT2D eigenvalue weighted by molar-refractivity contribution is 7.89. The van der Waals surface area contributed by atoms with Crippen molar-refractivity contribution >= 4 is 15.9 Å². The second-order valence-corrected chi connectivity index (χ2v) is 9.44. The summed E-state index contributed by atoms with van der Waals surface area (Å²) in [5, 5.41) is 2.89. The summed E-state index contributed by atoms with van der Waals surface area (Å²) in [6.07, 6.45) is 5.15. The summed E-state index contributed by atoms with van der Waals surface area (Å²) in [5.74, 6) is -0.215. The van der Waals surface area contributed by atoms with Crippen LogP contribution in [0.5, 0.6) is 0 Å². The highest BCUT2D eigenvalue weighted by Crippen LogP contribution is 2.26. The zero-order valence-corrected chi connectivity index (χ0v) is 17.3. The summed E-state index contributed by atoms with van der Waals surface area (Å²) in [6.45, 7) is 2.44. The SMILES string of the molecule is Cc1ccccc1CNC(=O)c1ccc(S(=O)(=O)N(C)C2CCCCC2)cc1. The second kappa shape index (κ2) is 8.88. The van der Waals surface area contributed by atoms with Crippen LogP contribution in [0.25, 0.3) is 0 Å². The third-order valence-electron chi connectivity index (χ3n) is 5.58. The first-order valence-electron chi connectivity index (χ1n) is 9.80. The fourth-order valence-electron chi connectivity index (χ4n) is 3.67. The Balaban J connectivity index is 1.66. The molecule has 0 atom stereocenters. The number of hydrogen-bond donors (Lipinski definition) is 1. The molecule has 0 aliphatic heterocycles. The molecule has 28 heavy (non-hydrogen) atoms. The molecule has 1 N–H and O–H groups in total. The van der Waals surface area contributed by atoms with Gasteiger partial charge in [0.15, 0.2) is 0 Å². The van der Waals surface area contributed by atoms with E-state index in [-0.39, 0.29) is 16.8 Å². The zero-order chi connectivity index (χ0) is 20.1. The van der Waals surface area contributed by atoms with E-state index >= 15 is 0 Å². The maximum absolute atomic E-state index is 12.9. The molecule has 0 bridgehead atoms. The minimum absolute atomic E-state index is 0.0656. The summed E-state index contributed by atoms with van der Waals surface area (Å²) >= 11 is 0. The third kappa shape index (κ3) is 4.62. The highest BCUT2D eigenvalue weighted by atomic mass is 32.2. The maximum atomic E-state index is 12.9. The average molecular weight is 401 g/mol. The number of sulfonamides is 1. The number of nitrogens with zero attached hydrogens (tertiary/aromatic N) is 1. The molecule has 1 fully saturated rings. The molecule has 3 rings (SSSR count). The van der Waals surface area contributed by atoms with Gasteiger partial charge in [-0.05, 0) is 55.2 Å². The van der Waals surface area contributed by atoms with Gasteiger partial charge in [0.25, 0.3) is 5.91 Å². The van der Waals surface area contributed by atoms with E-state index in [2.05, 4.69) is 5.32 Å². The van der Waals surface area contributed by atoms with Gasteiger partial charge >= 0.3 is 0 Å². The van der Waals surface area contributed by atoms with Crippen molar-refractivity contribution < 1.29 is 13.2 Å². The molecule has 0 unspecified atom stereocenters. The first-order chi connectivity index (χ1) is 13.4. The van der Waals surface area contributed by atoms with E-state index in [4.69, 9.17) is 0 Å². The number of nitrogens with one attached hydrogen (secondary N) is 1. The predicted molar refractivity (Wildman–Crippen MR) is 111 cm³/mol. The molecule has 1 aliphatic rings. The number of rotatable bonds is 6. The zero-order valence-electron chi connectivity index (χ0n) is 16.5. The van der Waals surface area contributed by atoms with Gasteiger partial charge in [0.05, 0.1) is 4.90 Å². The lowest BCUT2D eigenvalue weighted by atomic mass is 9.96. The van der Waals surface area contributed by atoms with E-state index in [0.29, 0.717) is 12.1 Å². The van der Waals surface area contributed by atoms with E-state index in [0.717, 1.165) is 36.8 Å². The van der Waals surface area contributed by atoms with Crippen LogP contribution in [0.1, 0.15) is 53.6 Å². The van der Waals surface area contributed by atoms with Crippen LogP contribution in [0.15, 0.2) is 53.4 Å². The molecule has 2 aromatic carbocycles. The van der Waals surface area contributed by atoms with Crippen LogP contribution >= 0.6 is 0 Å². The second-order valence-electron chi connectivity index (χ2n) is 7.45. The Hall–Kier alpha value is -2.18. The summed E-state index contributed by atoms with van der Waals surface area (Å²) in [4.78, 5) is 12.6. The van der Waals surface area contributed by atoms with Crippen molar-refractivity contribution in [3.8, 4) is 0 Å². The Morgan fingerprint density at radius 3 is 2.32 bits per heavy atom. The molecule has 0 radical (unpaired) electrons. The summed E-state index contributed by atoms with van der Waals surface area (Å²) in [7, 11) is -1.88. The first kappa shape index (κ1) is 20.6. The van der Waals surface area contributed by atoms with Gasteiger partial charge in [-0.2, -0.15) is 4.31 Å². The smallest absolute Gasteiger partial charge is 0.251 e. The number of amides is 1. The summed E-state index contributed by atoms with van der Waals surface area (Å²) in [5.41, 5.74) is 2.63. The molecule has 0 spiro atoms. The lowest BCUT2D eigenvalue weighted by Crippen LogP contribution is -2.38.